The molecular weight excluding hydrogens is 272 g/mol. The van der Waals surface area contributed by atoms with Crippen molar-refractivity contribution in [3.8, 4) is 0 Å². The molecule has 0 spiro atoms. The molecule has 19 heavy (non-hydrogen) atoms. The molecule has 3 N–H and O–H groups in total. The number of hydrogen-bond donors (Lipinski definition) is 2. The largest absolute Gasteiger partial charge is 0.462 e. The molecule has 0 amide bonds. The molecule has 1 atom stereocenters. The molecule has 0 aliphatic rings. The summed E-state index contributed by atoms with van der Waals surface area (Å²) in [6, 6.07) is -0.400. The Bertz CT molecular complexity index is 539. The van der Waals surface area contributed by atoms with E-state index in [1.165, 1.54) is 7.05 Å². The maximum atomic E-state index is 12.3. The predicted molar refractivity (Wildman–Crippen MR) is 68.0 cm³/mol. The van der Waals surface area contributed by atoms with Crippen molar-refractivity contribution in [2.24, 2.45) is 5.73 Å². The highest BCUT2D eigenvalue weighted by atomic mass is 32.2. The first-order valence-electron chi connectivity index (χ1n) is 5.74. The van der Waals surface area contributed by atoms with Gasteiger partial charge in [-0.05, 0) is 13.8 Å². The summed E-state index contributed by atoms with van der Waals surface area (Å²) in [5, 5.41) is 5.64. The molecule has 0 bridgehead atoms. The van der Waals surface area contributed by atoms with E-state index in [-0.39, 0.29) is 23.7 Å². The number of nitrogens with zero attached hydrogens (tertiary/aromatic N) is 2. The van der Waals surface area contributed by atoms with Crippen LogP contribution in [0.1, 0.15) is 24.2 Å². The Hall–Kier alpha value is -1.45. The minimum atomic E-state index is -3.87. The van der Waals surface area contributed by atoms with E-state index in [0.717, 1.165) is 10.5 Å². The monoisotopic (exact) mass is 290 g/mol. The van der Waals surface area contributed by atoms with Crippen molar-refractivity contribution < 1.29 is 17.9 Å². The first kappa shape index (κ1) is 15.6. The van der Waals surface area contributed by atoms with E-state index in [0.29, 0.717) is 0 Å². The lowest BCUT2D eigenvalue weighted by molar-refractivity contribution is 0.0521. The molecule has 1 rings (SSSR count). The van der Waals surface area contributed by atoms with Crippen molar-refractivity contribution >= 4 is 16.0 Å². The minimum absolute atomic E-state index is 0.113. The number of aromatic nitrogens is 2. The normalized spacial score (nSPS) is 13.5. The third kappa shape index (κ3) is 3.11. The number of sulfonamides is 1. The first-order chi connectivity index (χ1) is 8.86. The topological polar surface area (TPSA) is 118 Å². The molecule has 0 radical (unpaired) electrons. The standard InChI is InChI=1S/C10H18N4O4S/c1-4-18-10(15)8-6-12-13-9(8)19(16,17)14(3)7(2)5-11/h6-7H,4-5,11H2,1-3H3,(H,12,13). The van der Waals surface area contributed by atoms with Gasteiger partial charge in [-0.3, -0.25) is 5.10 Å². The third-order valence-electron chi connectivity index (χ3n) is 2.70. The number of esters is 1. The van der Waals surface area contributed by atoms with E-state index in [1.807, 2.05) is 0 Å². The molecule has 0 saturated carbocycles. The fourth-order valence-corrected chi connectivity index (χ4v) is 2.78. The summed E-state index contributed by atoms with van der Waals surface area (Å²) in [6.07, 6.45) is 1.13. The van der Waals surface area contributed by atoms with E-state index in [9.17, 15) is 13.2 Å². The number of aromatic amines is 1. The highest BCUT2D eigenvalue weighted by molar-refractivity contribution is 7.89. The van der Waals surface area contributed by atoms with Crippen LogP contribution in [0.25, 0.3) is 0 Å². The number of carbonyl (C=O) groups is 1. The van der Waals surface area contributed by atoms with Gasteiger partial charge < -0.3 is 10.5 Å². The first-order valence-corrected chi connectivity index (χ1v) is 7.18. The van der Waals surface area contributed by atoms with Crippen molar-refractivity contribution in [3.63, 3.8) is 0 Å². The Balaban J connectivity index is 3.16. The number of likely N-dealkylation sites (N-methyl/N-ethyl adjacent to an activating group) is 1. The smallest absolute Gasteiger partial charge is 0.342 e. The second-order valence-electron chi connectivity index (χ2n) is 3.94. The Morgan fingerprint density at radius 1 is 1.63 bits per heavy atom. The maximum Gasteiger partial charge on any atom is 0.342 e. The number of nitrogens with one attached hydrogen (secondary N) is 1. The lowest BCUT2D eigenvalue weighted by Crippen LogP contribution is -2.40. The molecule has 9 heteroatoms. The van der Waals surface area contributed by atoms with Gasteiger partial charge >= 0.3 is 5.97 Å². The molecule has 0 aliphatic carbocycles. The fraction of sp³-hybridized carbons (Fsp3) is 0.600. The molecule has 1 aromatic rings. The fourth-order valence-electron chi connectivity index (χ4n) is 1.35. The lowest BCUT2D eigenvalue weighted by atomic mass is 10.4. The Kier molecular flexibility index (Phi) is 5.04. The van der Waals surface area contributed by atoms with Crippen LogP contribution >= 0.6 is 0 Å². The average molecular weight is 290 g/mol. The summed E-state index contributed by atoms with van der Waals surface area (Å²) < 4.78 is 30.5. The van der Waals surface area contributed by atoms with Gasteiger partial charge in [0.25, 0.3) is 10.0 Å². The van der Waals surface area contributed by atoms with Crippen molar-refractivity contribution in [2.75, 3.05) is 20.2 Å². The number of nitrogens with two attached hydrogens (primary N) is 1. The zero-order chi connectivity index (χ0) is 14.6. The van der Waals surface area contributed by atoms with Crippen LogP contribution in [0, 0.1) is 0 Å². The molecule has 8 nitrogen and oxygen atoms in total. The third-order valence-corrected chi connectivity index (χ3v) is 4.64. The average Bonchev–Trinajstić information content (AvgIpc) is 2.87. The predicted octanol–water partition coefficient (Wildman–Crippen LogP) is -0.446. The molecule has 0 saturated heterocycles. The summed E-state index contributed by atoms with van der Waals surface area (Å²) in [7, 11) is -2.48. The summed E-state index contributed by atoms with van der Waals surface area (Å²) in [4.78, 5) is 11.6. The van der Waals surface area contributed by atoms with Crippen LogP contribution < -0.4 is 5.73 Å². The van der Waals surface area contributed by atoms with Crippen LogP contribution in [0.4, 0.5) is 0 Å². The van der Waals surface area contributed by atoms with E-state index in [4.69, 9.17) is 10.5 Å². The zero-order valence-corrected chi connectivity index (χ0v) is 11.9. The van der Waals surface area contributed by atoms with Gasteiger partial charge in [0.15, 0.2) is 5.03 Å². The molecule has 1 unspecified atom stereocenters. The second-order valence-corrected chi connectivity index (χ2v) is 5.87. The molecule has 0 aliphatic heterocycles. The number of rotatable bonds is 6. The van der Waals surface area contributed by atoms with E-state index < -0.39 is 22.0 Å². The van der Waals surface area contributed by atoms with Crippen molar-refractivity contribution in [2.45, 2.75) is 24.9 Å². The van der Waals surface area contributed by atoms with Gasteiger partial charge in [-0.1, -0.05) is 0 Å². The lowest BCUT2D eigenvalue weighted by Gasteiger charge is -2.22. The van der Waals surface area contributed by atoms with Gasteiger partial charge in [0, 0.05) is 19.6 Å². The Morgan fingerprint density at radius 3 is 2.79 bits per heavy atom. The van der Waals surface area contributed by atoms with Gasteiger partial charge in [-0.2, -0.15) is 9.40 Å². The number of hydrogen-bond acceptors (Lipinski definition) is 6. The number of ether oxygens (including phenoxy) is 1. The van der Waals surface area contributed by atoms with Crippen molar-refractivity contribution in [3.05, 3.63) is 11.8 Å². The van der Waals surface area contributed by atoms with E-state index in [1.54, 1.807) is 13.8 Å². The highest BCUT2D eigenvalue weighted by Gasteiger charge is 2.31. The molecule has 0 fully saturated rings. The van der Waals surface area contributed by atoms with Crippen molar-refractivity contribution in [1.82, 2.24) is 14.5 Å². The molecular formula is C10H18N4O4S. The van der Waals surface area contributed by atoms with Gasteiger partial charge in [0.1, 0.15) is 5.56 Å². The quantitative estimate of drug-likeness (QED) is 0.685. The number of carbonyl (C=O) groups excluding carboxylic acids is 1. The SMILES string of the molecule is CCOC(=O)c1cn[nH]c1S(=O)(=O)N(C)C(C)CN. The summed E-state index contributed by atoms with van der Waals surface area (Å²) >= 11 is 0. The van der Waals surface area contributed by atoms with Crippen molar-refractivity contribution in [1.29, 1.82) is 0 Å². The van der Waals surface area contributed by atoms with Gasteiger partial charge in [-0.15, -0.1) is 0 Å². The maximum absolute atomic E-state index is 12.3. The van der Waals surface area contributed by atoms with Gasteiger partial charge in [-0.25, -0.2) is 13.2 Å². The highest BCUT2D eigenvalue weighted by Crippen LogP contribution is 2.18. The molecule has 1 heterocycles. The van der Waals surface area contributed by atoms with Gasteiger partial charge in [0.05, 0.1) is 12.8 Å². The minimum Gasteiger partial charge on any atom is -0.462 e. The van der Waals surface area contributed by atoms with Crippen LogP contribution in [0.5, 0.6) is 0 Å². The second kappa shape index (κ2) is 6.13. The Labute approximate surface area is 112 Å². The summed E-state index contributed by atoms with van der Waals surface area (Å²) in [5.41, 5.74) is 5.33. The molecule has 0 aromatic carbocycles. The Morgan fingerprint density at radius 2 is 2.26 bits per heavy atom. The summed E-state index contributed by atoms with van der Waals surface area (Å²) in [5.74, 6) is -0.733. The van der Waals surface area contributed by atoms with Crippen LogP contribution in [0.2, 0.25) is 0 Å². The zero-order valence-electron chi connectivity index (χ0n) is 11.1. The molecule has 108 valence electrons. The molecule has 1 aromatic heterocycles. The van der Waals surface area contributed by atoms with Crippen LogP contribution in [0.15, 0.2) is 11.2 Å². The van der Waals surface area contributed by atoms with Gasteiger partial charge in [0.2, 0.25) is 0 Å². The van der Waals surface area contributed by atoms with E-state index in [2.05, 4.69) is 10.2 Å². The van der Waals surface area contributed by atoms with Crippen LogP contribution in [-0.2, 0) is 14.8 Å². The number of H-pyrrole nitrogens is 1. The van der Waals surface area contributed by atoms with Crippen LogP contribution in [-0.4, -0.2) is 55.1 Å². The van der Waals surface area contributed by atoms with E-state index >= 15 is 0 Å². The summed E-state index contributed by atoms with van der Waals surface area (Å²) in [6.45, 7) is 3.61. The van der Waals surface area contributed by atoms with Crippen LogP contribution in [0.3, 0.4) is 0 Å².